The van der Waals surface area contributed by atoms with Gasteiger partial charge < -0.3 is 0 Å². The van der Waals surface area contributed by atoms with Crippen molar-refractivity contribution >= 4 is 11.6 Å². The van der Waals surface area contributed by atoms with Crippen LogP contribution in [0.25, 0.3) is 11.3 Å². The van der Waals surface area contributed by atoms with Crippen LogP contribution in [-0.2, 0) is 6.42 Å². The molecule has 0 fully saturated rings. The highest BCUT2D eigenvalue weighted by Crippen LogP contribution is 2.25. The van der Waals surface area contributed by atoms with Gasteiger partial charge >= 0.3 is 0 Å². The molecule has 2 aromatic rings. The van der Waals surface area contributed by atoms with Crippen molar-refractivity contribution in [1.29, 1.82) is 5.26 Å². The topological polar surface area (TPSA) is 62.5 Å². The quantitative estimate of drug-likeness (QED) is 0.777. The Bertz CT molecular complexity index is 631. The maximum atomic E-state index is 8.88. The molecular weight excluding hydrogens is 248 g/mol. The lowest BCUT2D eigenvalue weighted by Crippen LogP contribution is -2.00. The molecule has 0 aliphatic heterocycles. The molecular formula is C13H11ClN4. The fourth-order valence-corrected chi connectivity index (χ4v) is 1.79. The lowest BCUT2D eigenvalue weighted by Gasteiger charge is -2.08. The second kappa shape index (κ2) is 5.11. The third-order valence-electron chi connectivity index (χ3n) is 2.59. The van der Waals surface area contributed by atoms with Gasteiger partial charge in [0.15, 0.2) is 0 Å². The minimum absolute atomic E-state index is 0.444. The molecule has 5 heteroatoms. The molecule has 0 saturated heterocycles. The van der Waals surface area contributed by atoms with Crippen molar-refractivity contribution in [2.75, 3.05) is 0 Å². The van der Waals surface area contributed by atoms with Gasteiger partial charge in [0.25, 0.3) is 0 Å². The summed E-state index contributed by atoms with van der Waals surface area (Å²) < 4.78 is 0. The lowest BCUT2D eigenvalue weighted by atomic mass is 10.1. The van der Waals surface area contributed by atoms with Gasteiger partial charge in [0.2, 0.25) is 0 Å². The molecule has 0 amide bonds. The Morgan fingerprint density at radius 3 is 2.78 bits per heavy atom. The van der Waals surface area contributed by atoms with E-state index < -0.39 is 0 Å². The van der Waals surface area contributed by atoms with Gasteiger partial charge in [-0.2, -0.15) is 5.26 Å². The number of halogens is 1. The second-order valence-corrected chi connectivity index (χ2v) is 4.19. The molecule has 0 aromatic carbocycles. The van der Waals surface area contributed by atoms with E-state index in [0.717, 1.165) is 16.8 Å². The summed E-state index contributed by atoms with van der Waals surface area (Å²) in [7, 11) is 0. The highest BCUT2D eigenvalue weighted by molar-refractivity contribution is 6.30. The molecule has 0 N–H and O–H groups in total. The molecule has 0 radical (unpaired) electrons. The first kappa shape index (κ1) is 12.5. The number of rotatable bonds is 2. The zero-order valence-corrected chi connectivity index (χ0v) is 10.9. The maximum Gasteiger partial charge on any atom is 0.136 e. The molecule has 0 saturated carbocycles. The van der Waals surface area contributed by atoms with Crippen LogP contribution < -0.4 is 0 Å². The van der Waals surface area contributed by atoms with Crippen molar-refractivity contribution in [3.8, 4) is 17.3 Å². The number of aromatic nitrogens is 3. The first-order chi connectivity index (χ1) is 8.65. The van der Waals surface area contributed by atoms with Gasteiger partial charge in [-0.15, -0.1) is 0 Å². The number of pyridine rings is 1. The summed E-state index contributed by atoms with van der Waals surface area (Å²) >= 11 is 6.08. The fraction of sp³-hybridized carbons (Fsp3) is 0.231. The van der Waals surface area contributed by atoms with Crippen molar-refractivity contribution in [1.82, 2.24) is 15.0 Å². The molecule has 2 heterocycles. The van der Waals surface area contributed by atoms with Crippen molar-refractivity contribution in [3.05, 3.63) is 40.6 Å². The number of aryl methyl sites for hydroxylation is 1. The minimum Gasteiger partial charge on any atom is -0.263 e. The highest BCUT2D eigenvalue weighted by Gasteiger charge is 2.11. The Kier molecular flexibility index (Phi) is 3.54. The number of hydrogen-bond acceptors (Lipinski definition) is 4. The first-order valence-corrected chi connectivity index (χ1v) is 5.92. The van der Waals surface area contributed by atoms with Crippen LogP contribution in [0.5, 0.6) is 0 Å². The molecule has 18 heavy (non-hydrogen) atoms. The predicted molar refractivity (Wildman–Crippen MR) is 69.1 cm³/mol. The van der Waals surface area contributed by atoms with Crippen molar-refractivity contribution in [2.45, 2.75) is 20.3 Å². The molecule has 4 nitrogen and oxygen atoms in total. The smallest absolute Gasteiger partial charge is 0.136 e. The van der Waals surface area contributed by atoms with Gasteiger partial charge in [0.05, 0.1) is 11.3 Å². The summed E-state index contributed by atoms with van der Waals surface area (Å²) in [6.45, 7) is 3.82. The predicted octanol–water partition coefficient (Wildman–Crippen LogP) is 2.93. The van der Waals surface area contributed by atoms with E-state index in [1.54, 1.807) is 12.3 Å². The van der Waals surface area contributed by atoms with E-state index in [9.17, 15) is 0 Å². The fourth-order valence-electron chi connectivity index (χ4n) is 1.60. The SMILES string of the molecule is CCc1nc(Cl)c(C)c(-c2cncc(C#N)c2)n1. The van der Waals surface area contributed by atoms with Gasteiger partial charge in [0.1, 0.15) is 17.0 Å². The molecule has 2 rings (SSSR count). The van der Waals surface area contributed by atoms with Gasteiger partial charge in [-0.05, 0) is 13.0 Å². The van der Waals surface area contributed by atoms with E-state index >= 15 is 0 Å². The molecule has 0 aliphatic rings. The van der Waals surface area contributed by atoms with Gasteiger partial charge in [-0.25, -0.2) is 9.97 Å². The summed E-state index contributed by atoms with van der Waals surface area (Å²) in [6.07, 6.45) is 3.90. The zero-order chi connectivity index (χ0) is 13.1. The molecule has 0 unspecified atom stereocenters. The highest BCUT2D eigenvalue weighted by atomic mass is 35.5. The van der Waals surface area contributed by atoms with Crippen LogP contribution in [0.15, 0.2) is 18.5 Å². The van der Waals surface area contributed by atoms with Crippen molar-refractivity contribution in [2.24, 2.45) is 0 Å². The van der Waals surface area contributed by atoms with Crippen LogP contribution in [0.2, 0.25) is 5.15 Å². The van der Waals surface area contributed by atoms with E-state index in [-0.39, 0.29) is 0 Å². The number of nitrogens with zero attached hydrogens (tertiary/aromatic N) is 4. The van der Waals surface area contributed by atoms with Crippen LogP contribution in [0.1, 0.15) is 23.9 Å². The third kappa shape index (κ3) is 2.31. The van der Waals surface area contributed by atoms with Crippen LogP contribution >= 0.6 is 11.6 Å². The molecule has 90 valence electrons. The normalized spacial score (nSPS) is 10.1. The Hall–Kier alpha value is -1.99. The summed E-state index contributed by atoms with van der Waals surface area (Å²) in [5.74, 6) is 0.683. The largest absolute Gasteiger partial charge is 0.263 e. The molecule has 0 atom stereocenters. The third-order valence-corrected chi connectivity index (χ3v) is 2.96. The van der Waals surface area contributed by atoms with E-state index in [4.69, 9.17) is 16.9 Å². The monoisotopic (exact) mass is 258 g/mol. The average molecular weight is 259 g/mol. The van der Waals surface area contributed by atoms with Gasteiger partial charge in [-0.3, -0.25) is 4.98 Å². The number of nitriles is 1. The van der Waals surface area contributed by atoms with Crippen LogP contribution in [0, 0.1) is 18.3 Å². The molecule has 0 spiro atoms. The number of hydrogen-bond donors (Lipinski definition) is 0. The Balaban J connectivity index is 2.63. The Morgan fingerprint density at radius 2 is 2.11 bits per heavy atom. The lowest BCUT2D eigenvalue weighted by molar-refractivity contribution is 0.933. The summed E-state index contributed by atoms with van der Waals surface area (Å²) in [4.78, 5) is 12.7. The van der Waals surface area contributed by atoms with Gasteiger partial charge in [-0.1, -0.05) is 18.5 Å². The van der Waals surface area contributed by atoms with Gasteiger partial charge in [0, 0.05) is 29.9 Å². The molecule has 0 aliphatic carbocycles. The minimum atomic E-state index is 0.444. The van der Waals surface area contributed by atoms with E-state index in [1.165, 1.54) is 6.20 Å². The van der Waals surface area contributed by atoms with Crippen LogP contribution in [0.4, 0.5) is 0 Å². The summed E-state index contributed by atoms with van der Waals surface area (Å²) in [5, 5.41) is 9.33. The molecule has 2 aromatic heterocycles. The van der Waals surface area contributed by atoms with Crippen molar-refractivity contribution < 1.29 is 0 Å². The summed E-state index contributed by atoms with van der Waals surface area (Å²) in [5.41, 5.74) is 2.81. The second-order valence-electron chi connectivity index (χ2n) is 3.83. The first-order valence-electron chi connectivity index (χ1n) is 5.54. The van der Waals surface area contributed by atoms with E-state index in [0.29, 0.717) is 23.0 Å². The Labute approximate surface area is 110 Å². The maximum absolute atomic E-state index is 8.88. The van der Waals surface area contributed by atoms with Crippen molar-refractivity contribution in [3.63, 3.8) is 0 Å². The van der Waals surface area contributed by atoms with Crippen LogP contribution in [-0.4, -0.2) is 15.0 Å². The van der Waals surface area contributed by atoms with E-state index in [1.807, 2.05) is 13.8 Å². The zero-order valence-electron chi connectivity index (χ0n) is 10.1. The Morgan fingerprint density at radius 1 is 1.33 bits per heavy atom. The average Bonchev–Trinajstić information content (AvgIpc) is 2.41. The molecule has 0 bridgehead atoms. The standard InChI is InChI=1S/C13H11ClN4/c1-3-11-17-12(8(2)13(14)18-11)10-4-9(5-15)6-16-7-10/h4,6-7H,3H2,1-2H3. The van der Waals surface area contributed by atoms with Crippen LogP contribution in [0.3, 0.4) is 0 Å². The summed E-state index contributed by atoms with van der Waals surface area (Å²) in [6, 6.07) is 3.81. The van der Waals surface area contributed by atoms with E-state index in [2.05, 4.69) is 21.0 Å².